The van der Waals surface area contributed by atoms with Gasteiger partial charge in [0.25, 0.3) is 0 Å². The van der Waals surface area contributed by atoms with Crippen molar-refractivity contribution in [1.29, 1.82) is 0 Å². The maximum atomic E-state index is 12.4. The molecular weight excluding hydrogens is 228 g/mol. The number of hydrogen-bond donors (Lipinski definition) is 0. The van der Waals surface area contributed by atoms with Gasteiger partial charge >= 0.3 is 5.97 Å². The largest absolute Gasteiger partial charge is 0.465 e. The van der Waals surface area contributed by atoms with Crippen LogP contribution in [0, 0.1) is 28.6 Å². The fourth-order valence-electron chi connectivity index (χ4n) is 4.91. The summed E-state index contributed by atoms with van der Waals surface area (Å²) in [5, 5.41) is 0. The van der Waals surface area contributed by atoms with Gasteiger partial charge in [-0.15, -0.1) is 0 Å². The van der Waals surface area contributed by atoms with Crippen molar-refractivity contribution in [3.05, 3.63) is 0 Å². The van der Waals surface area contributed by atoms with Gasteiger partial charge in [0.2, 0.25) is 0 Å². The van der Waals surface area contributed by atoms with E-state index in [9.17, 15) is 9.59 Å². The summed E-state index contributed by atoms with van der Waals surface area (Å²) >= 11 is 0. The summed E-state index contributed by atoms with van der Waals surface area (Å²) < 4.78 is 5.43. The van der Waals surface area contributed by atoms with Gasteiger partial charge in [-0.05, 0) is 30.1 Å². The Morgan fingerprint density at radius 2 is 1.89 bits per heavy atom. The average molecular weight is 250 g/mol. The molecule has 0 spiro atoms. The average Bonchev–Trinajstić information content (AvgIpc) is 2.58. The molecule has 0 aromatic rings. The topological polar surface area (TPSA) is 43.4 Å². The lowest BCUT2D eigenvalue weighted by Crippen LogP contribution is -2.53. The number of rotatable bonds is 0. The lowest BCUT2D eigenvalue weighted by Gasteiger charge is -2.51. The maximum Gasteiger partial charge on any atom is 0.306 e. The van der Waals surface area contributed by atoms with Crippen LogP contribution in [0.15, 0.2) is 0 Å². The van der Waals surface area contributed by atoms with Crippen LogP contribution in [0.2, 0.25) is 0 Å². The van der Waals surface area contributed by atoms with Crippen LogP contribution in [0.4, 0.5) is 0 Å². The third kappa shape index (κ3) is 1.31. The van der Waals surface area contributed by atoms with E-state index in [1.807, 2.05) is 6.92 Å². The molecule has 2 saturated carbocycles. The molecule has 1 aliphatic heterocycles. The summed E-state index contributed by atoms with van der Waals surface area (Å²) in [7, 11) is 0. The molecule has 0 N–H and O–H groups in total. The number of carbonyl (C=O) groups excluding carboxylic acids is 2. The molecule has 5 atom stereocenters. The van der Waals surface area contributed by atoms with Gasteiger partial charge in [0.15, 0.2) is 0 Å². The van der Waals surface area contributed by atoms with E-state index in [1.165, 1.54) is 0 Å². The van der Waals surface area contributed by atoms with Crippen molar-refractivity contribution in [2.24, 2.45) is 28.6 Å². The molecule has 1 saturated heterocycles. The molecule has 0 aromatic heterocycles. The molecule has 1 heterocycles. The van der Waals surface area contributed by atoms with E-state index in [2.05, 4.69) is 13.8 Å². The number of carbonyl (C=O) groups is 2. The fourth-order valence-corrected chi connectivity index (χ4v) is 4.91. The van der Waals surface area contributed by atoms with E-state index in [-0.39, 0.29) is 22.7 Å². The number of Topliss-reactive ketones (excluding diaryl/α,β-unsaturated/α-hetero) is 1. The van der Waals surface area contributed by atoms with Crippen LogP contribution in [0.1, 0.15) is 46.5 Å². The maximum absolute atomic E-state index is 12.4. The molecule has 3 heteroatoms. The first-order valence-electron chi connectivity index (χ1n) is 7.08. The van der Waals surface area contributed by atoms with Gasteiger partial charge in [0.1, 0.15) is 5.78 Å². The smallest absolute Gasteiger partial charge is 0.306 e. The van der Waals surface area contributed by atoms with E-state index in [0.29, 0.717) is 37.1 Å². The lowest BCUT2D eigenvalue weighted by atomic mass is 9.50. The van der Waals surface area contributed by atoms with Crippen LogP contribution < -0.4 is 0 Å². The minimum absolute atomic E-state index is 0.0202. The molecule has 3 nitrogen and oxygen atoms in total. The second-order valence-corrected chi connectivity index (χ2v) is 6.97. The quantitative estimate of drug-likeness (QED) is 0.621. The van der Waals surface area contributed by atoms with Gasteiger partial charge in [-0.25, -0.2) is 0 Å². The second-order valence-electron chi connectivity index (χ2n) is 6.97. The van der Waals surface area contributed by atoms with Crippen LogP contribution in [-0.2, 0) is 14.3 Å². The highest BCUT2D eigenvalue weighted by Gasteiger charge is 2.64. The lowest BCUT2D eigenvalue weighted by molar-refractivity contribution is -0.148. The van der Waals surface area contributed by atoms with E-state index in [4.69, 9.17) is 4.74 Å². The molecule has 0 unspecified atom stereocenters. The Morgan fingerprint density at radius 3 is 2.61 bits per heavy atom. The van der Waals surface area contributed by atoms with E-state index in [0.717, 1.165) is 12.8 Å². The standard InChI is InChI=1S/C15H22O3/c1-9-4-5-12-14(3)8-18-13(17)7-15(9,12)6-11(16)10(14)2/h9-10,12H,4-8H2,1-3H3/t9-,10-,12+,14-,15-/m1/s1. The molecule has 2 bridgehead atoms. The zero-order chi connectivity index (χ0) is 13.1. The molecule has 0 amide bonds. The number of ketones is 1. The Labute approximate surface area is 108 Å². The highest BCUT2D eigenvalue weighted by molar-refractivity contribution is 5.85. The first-order valence-corrected chi connectivity index (χ1v) is 7.08. The van der Waals surface area contributed by atoms with E-state index in [1.54, 1.807) is 0 Å². The van der Waals surface area contributed by atoms with Gasteiger partial charge in [-0.3, -0.25) is 9.59 Å². The van der Waals surface area contributed by atoms with Gasteiger partial charge < -0.3 is 4.74 Å². The van der Waals surface area contributed by atoms with Gasteiger partial charge in [-0.2, -0.15) is 0 Å². The van der Waals surface area contributed by atoms with Crippen molar-refractivity contribution in [2.75, 3.05) is 6.61 Å². The summed E-state index contributed by atoms with van der Waals surface area (Å²) in [4.78, 5) is 24.3. The minimum atomic E-state index is -0.147. The molecule has 100 valence electrons. The monoisotopic (exact) mass is 250 g/mol. The predicted molar refractivity (Wildman–Crippen MR) is 66.8 cm³/mol. The summed E-state index contributed by atoms with van der Waals surface area (Å²) in [6.07, 6.45) is 3.33. The Hall–Kier alpha value is -0.860. The summed E-state index contributed by atoms with van der Waals surface area (Å²) in [6.45, 7) is 6.82. The first kappa shape index (κ1) is 12.2. The normalized spacial score (nSPS) is 51.6. The van der Waals surface area contributed by atoms with Crippen molar-refractivity contribution in [2.45, 2.75) is 46.5 Å². The van der Waals surface area contributed by atoms with Gasteiger partial charge in [-0.1, -0.05) is 20.8 Å². The van der Waals surface area contributed by atoms with Crippen molar-refractivity contribution in [3.8, 4) is 0 Å². The number of esters is 1. The minimum Gasteiger partial charge on any atom is -0.465 e. The first-order chi connectivity index (χ1) is 8.40. The third-order valence-electron chi connectivity index (χ3n) is 6.35. The van der Waals surface area contributed by atoms with Crippen LogP contribution >= 0.6 is 0 Å². The molecule has 3 fully saturated rings. The van der Waals surface area contributed by atoms with Crippen molar-refractivity contribution < 1.29 is 14.3 Å². The Bertz CT molecular complexity index is 416. The van der Waals surface area contributed by atoms with Crippen molar-refractivity contribution in [1.82, 2.24) is 0 Å². The number of hydrogen-bond acceptors (Lipinski definition) is 3. The zero-order valence-corrected chi connectivity index (χ0v) is 11.5. The molecule has 18 heavy (non-hydrogen) atoms. The van der Waals surface area contributed by atoms with Crippen LogP contribution in [0.25, 0.3) is 0 Å². The van der Waals surface area contributed by atoms with Crippen LogP contribution in [0.3, 0.4) is 0 Å². The molecule has 3 rings (SSSR count). The molecule has 0 radical (unpaired) electrons. The highest BCUT2D eigenvalue weighted by Crippen LogP contribution is 2.65. The summed E-state index contributed by atoms with van der Waals surface area (Å²) in [5.41, 5.74) is -0.252. The Morgan fingerprint density at radius 1 is 1.17 bits per heavy atom. The molecule has 2 aliphatic carbocycles. The van der Waals surface area contributed by atoms with E-state index < -0.39 is 0 Å². The van der Waals surface area contributed by atoms with E-state index >= 15 is 0 Å². The third-order valence-corrected chi connectivity index (χ3v) is 6.35. The van der Waals surface area contributed by atoms with Gasteiger partial charge in [0, 0.05) is 17.8 Å². The molecular formula is C15H22O3. The predicted octanol–water partition coefficient (Wildman–Crippen LogP) is 2.58. The van der Waals surface area contributed by atoms with Crippen LogP contribution in [0.5, 0.6) is 0 Å². The fraction of sp³-hybridized carbons (Fsp3) is 0.867. The Kier molecular flexibility index (Phi) is 2.43. The summed E-state index contributed by atoms with van der Waals surface area (Å²) in [6, 6.07) is 0. The second kappa shape index (κ2) is 3.58. The SMILES string of the molecule is C[C@@H]1C(=O)C[C@]23CC(=O)OC[C@@]1(C)[C@@H]2CC[C@H]3C. The summed E-state index contributed by atoms with van der Waals surface area (Å²) in [5.74, 6) is 1.19. The number of ether oxygens (including phenoxy) is 1. The Balaban J connectivity index is 2.14. The zero-order valence-electron chi connectivity index (χ0n) is 11.5. The van der Waals surface area contributed by atoms with Crippen LogP contribution in [-0.4, -0.2) is 18.4 Å². The molecule has 3 aliphatic rings. The van der Waals surface area contributed by atoms with Gasteiger partial charge in [0.05, 0.1) is 13.0 Å². The molecule has 0 aromatic carbocycles. The number of cyclic esters (lactones) is 1. The van der Waals surface area contributed by atoms with Crippen molar-refractivity contribution in [3.63, 3.8) is 0 Å². The van der Waals surface area contributed by atoms with Crippen molar-refractivity contribution >= 4 is 11.8 Å². The highest BCUT2D eigenvalue weighted by atomic mass is 16.5.